The van der Waals surface area contributed by atoms with E-state index in [1.807, 2.05) is 36.4 Å². The minimum absolute atomic E-state index is 0.138. The average Bonchev–Trinajstić information content (AvgIpc) is 2.79. The summed E-state index contributed by atoms with van der Waals surface area (Å²) in [5.41, 5.74) is 13.3. The smallest absolute Gasteiger partial charge is 0.326 e. The molecule has 8 heteroatoms. The predicted octanol–water partition coefficient (Wildman–Crippen LogP) is 0.982. The third kappa shape index (κ3) is 8.49. The van der Waals surface area contributed by atoms with Gasteiger partial charge < -0.3 is 27.2 Å². The molecule has 7 N–H and O–H groups in total. The number of unbranched alkanes of at least 4 members (excludes halogenated alkanes) is 1. The summed E-state index contributed by atoms with van der Waals surface area (Å²) in [6.07, 6.45) is 2.10. The Morgan fingerprint density at radius 1 is 0.781 bits per heavy atom. The summed E-state index contributed by atoms with van der Waals surface area (Å²) < 4.78 is 0. The van der Waals surface area contributed by atoms with Crippen LogP contribution in [0.2, 0.25) is 0 Å². The summed E-state index contributed by atoms with van der Waals surface area (Å²) in [5, 5.41) is 14.8. The molecule has 32 heavy (non-hydrogen) atoms. The van der Waals surface area contributed by atoms with Crippen LogP contribution in [0.25, 0.3) is 0 Å². The van der Waals surface area contributed by atoms with Gasteiger partial charge >= 0.3 is 5.97 Å². The monoisotopic (exact) mass is 440 g/mol. The molecule has 0 heterocycles. The number of nitrogens with two attached hydrogens (primary N) is 2. The van der Waals surface area contributed by atoms with Gasteiger partial charge in [0.05, 0.1) is 6.04 Å². The normalized spacial score (nSPS) is 13.6. The standard InChI is InChI=1S/C24H32N4O4/c25-14-8-7-13-20(27-22(29)19(26)15-17-9-3-1-4-10-17)23(30)28-21(24(31)32)16-18-11-5-2-6-12-18/h1-6,9-12,19-21H,7-8,13-16,25-26H2,(H,27,29)(H,28,30)(H,31,32)/t19-,20+,21+/m1/s1. The number of rotatable bonds is 13. The molecule has 0 aliphatic heterocycles. The number of carbonyl (C=O) groups is 3. The number of hydrogen-bond donors (Lipinski definition) is 5. The molecule has 0 aliphatic carbocycles. The van der Waals surface area contributed by atoms with Crippen LogP contribution >= 0.6 is 0 Å². The number of amides is 2. The van der Waals surface area contributed by atoms with Crippen molar-refractivity contribution >= 4 is 17.8 Å². The Bertz CT molecular complexity index is 861. The van der Waals surface area contributed by atoms with E-state index in [-0.39, 0.29) is 6.42 Å². The topological polar surface area (TPSA) is 148 Å². The molecule has 0 radical (unpaired) electrons. The fraction of sp³-hybridized carbons (Fsp3) is 0.375. The van der Waals surface area contributed by atoms with Crippen molar-refractivity contribution in [1.29, 1.82) is 0 Å². The zero-order valence-electron chi connectivity index (χ0n) is 18.1. The number of carbonyl (C=O) groups excluding carboxylic acids is 2. The first-order chi connectivity index (χ1) is 15.4. The maximum atomic E-state index is 12.9. The summed E-state index contributed by atoms with van der Waals surface area (Å²) in [6, 6.07) is 15.5. The molecule has 2 amide bonds. The lowest BCUT2D eigenvalue weighted by Crippen LogP contribution is -2.55. The Morgan fingerprint density at radius 3 is 1.84 bits per heavy atom. The SMILES string of the molecule is NCCCC[C@H](NC(=O)[C@H](N)Cc1ccccc1)C(=O)N[C@@H](Cc1ccccc1)C(=O)O. The Kier molecular flexibility index (Phi) is 10.4. The zero-order chi connectivity index (χ0) is 23.3. The highest BCUT2D eigenvalue weighted by molar-refractivity contribution is 5.91. The summed E-state index contributed by atoms with van der Waals surface area (Å²) in [4.78, 5) is 37.3. The molecule has 172 valence electrons. The molecular formula is C24H32N4O4. The Hall–Kier alpha value is -3.23. The number of nitrogens with one attached hydrogen (secondary N) is 2. The van der Waals surface area contributed by atoms with Crippen molar-refractivity contribution in [3.8, 4) is 0 Å². The van der Waals surface area contributed by atoms with Crippen molar-refractivity contribution in [1.82, 2.24) is 10.6 Å². The molecule has 2 rings (SSSR count). The Labute approximate surface area is 188 Å². The summed E-state index contributed by atoms with van der Waals surface area (Å²) in [5.74, 6) is -2.16. The minimum atomic E-state index is -1.14. The van der Waals surface area contributed by atoms with Crippen LogP contribution in [0.4, 0.5) is 0 Å². The highest BCUT2D eigenvalue weighted by Gasteiger charge is 2.28. The van der Waals surface area contributed by atoms with Crippen LogP contribution in [0.1, 0.15) is 30.4 Å². The number of carboxylic acids is 1. The molecule has 3 atom stereocenters. The lowest BCUT2D eigenvalue weighted by molar-refractivity contribution is -0.142. The highest BCUT2D eigenvalue weighted by Crippen LogP contribution is 2.07. The van der Waals surface area contributed by atoms with Crippen molar-refractivity contribution in [3.63, 3.8) is 0 Å². The van der Waals surface area contributed by atoms with E-state index in [9.17, 15) is 19.5 Å². The van der Waals surface area contributed by atoms with Gasteiger partial charge in [0, 0.05) is 6.42 Å². The summed E-state index contributed by atoms with van der Waals surface area (Å²) in [7, 11) is 0. The van der Waals surface area contributed by atoms with Crippen LogP contribution in [0.5, 0.6) is 0 Å². The number of hydrogen-bond acceptors (Lipinski definition) is 5. The summed E-state index contributed by atoms with van der Waals surface area (Å²) in [6.45, 7) is 0.460. The van der Waals surface area contributed by atoms with E-state index < -0.39 is 35.9 Å². The van der Waals surface area contributed by atoms with E-state index in [2.05, 4.69) is 10.6 Å². The fourth-order valence-electron chi connectivity index (χ4n) is 3.32. The second-order valence-electron chi connectivity index (χ2n) is 7.73. The molecule has 0 aromatic heterocycles. The molecule has 0 saturated heterocycles. The van der Waals surface area contributed by atoms with Crippen molar-refractivity contribution < 1.29 is 19.5 Å². The van der Waals surface area contributed by atoms with Gasteiger partial charge in [0.15, 0.2) is 0 Å². The van der Waals surface area contributed by atoms with Crippen LogP contribution in [-0.2, 0) is 27.2 Å². The Balaban J connectivity index is 2.03. The average molecular weight is 441 g/mol. The van der Waals surface area contributed by atoms with Crippen LogP contribution in [0, 0.1) is 0 Å². The van der Waals surface area contributed by atoms with Gasteiger partial charge in [0.2, 0.25) is 11.8 Å². The molecule has 2 aromatic rings. The third-order valence-corrected chi connectivity index (χ3v) is 5.11. The second kappa shape index (κ2) is 13.2. The molecule has 0 spiro atoms. The van der Waals surface area contributed by atoms with Crippen molar-refractivity contribution in [2.75, 3.05) is 6.54 Å². The van der Waals surface area contributed by atoms with E-state index in [0.29, 0.717) is 32.2 Å². The van der Waals surface area contributed by atoms with Crippen LogP contribution in [0.3, 0.4) is 0 Å². The molecule has 2 aromatic carbocycles. The third-order valence-electron chi connectivity index (χ3n) is 5.11. The fourth-order valence-corrected chi connectivity index (χ4v) is 3.32. The maximum absolute atomic E-state index is 12.9. The van der Waals surface area contributed by atoms with Crippen LogP contribution in [0.15, 0.2) is 60.7 Å². The molecular weight excluding hydrogens is 408 g/mol. The first kappa shape index (κ1) is 25.0. The van der Waals surface area contributed by atoms with Gasteiger partial charge in [0.25, 0.3) is 0 Å². The van der Waals surface area contributed by atoms with Gasteiger partial charge in [0.1, 0.15) is 12.1 Å². The van der Waals surface area contributed by atoms with Crippen molar-refractivity contribution in [2.45, 2.75) is 50.2 Å². The van der Waals surface area contributed by atoms with Gasteiger partial charge in [-0.05, 0) is 43.4 Å². The molecule has 0 aliphatic rings. The van der Waals surface area contributed by atoms with Crippen molar-refractivity contribution in [2.24, 2.45) is 11.5 Å². The van der Waals surface area contributed by atoms with Crippen LogP contribution in [-0.4, -0.2) is 47.6 Å². The molecule has 8 nitrogen and oxygen atoms in total. The minimum Gasteiger partial charge on any atom is -0.480 e. The van der Waals surface area contributed by atoms with E-state index in [1.165, 1.54) is 0 Å². The number of aliphatic carboxylic acids is 1. The molecule has 0 saturated carbocycles. The zero-order valence-corrected chi connectivity index (χ0v) is 18.1. The predicted molar refractivity (Wildman–Crippen MR) is 123 cm³/mol. The Morgan fingerprint density at radius 2 is 1.31 bits per heavy atom. The molecule has 0 fully saturated rings. The van der Waals surface area contributed by atoms with Gasteiger partial charge in [-0.1, -0.05) is 60.7 Å². The van der Waals surface area contributed by atoms with E-state index >= 15 is 0 Å². The largest absolute Gasteiger partial charge is 0.480 e. The highest BCUT2D eigenvalue weighted by atomic mass is 16.4. The second-order valence-corrected chi connectivity index (χ2v) is 7.73. The van der Waals surface area contributed by atoms with Gasteiger partial charge in [-0.15, -0.1) is 0 Å². The molecule has 0 unspecified atom stereocenters. The van der Waals surface area contributed by atoms with Crippen LogP contribution < -0.4 is 22.1 Å². The first-order valence-corrected chi connectivity index (χ1v) is 10.8. The number of carboxylic acid groups (broad SMARTS) is 1. The summed E-state index contributed by atoms with van der Waals surface area (Å²) >= 11 is 0. The van der Waals surface area contributed by atoms with E-state index in [1.54, 1.807) is 24.3 Å². The maximum Gasteiger partial charge on any atom is 0.326 e. The van der Waals surface area contributed by atoms with Crippen molar-refractivity contribution in [3.05, 3.63) is 71.8 Å². The van der Waals surface area contributed by atoms with Gasteiger partial charge in [-0.2, -0.15) is 0 Å². The lowest BCUT2D eigenvalue weighted by atomic mass is 10.0. The van der Waals surface area contributed by atoms with E-state index in [0.717, 1.165) is 11.1 Å². The first-order valence-electron chi connectivity index (χ1n) is 10.8. The lowest BCUT2D eigenvalue weighted by Gasteiger charge is -2.23. The van der Waals surface area contributed by atoms with Gasteiger partial charge in [-0.3, -0.25) is 9.59 Å². The quantitative estimate of drug-likeness (QED) is 0.293. The molecule has 0 bridgehead atoms. The van der Waals surface area contributed by atoms with Gasteiger partial charge in [-0.25, -0.2) is 4.79 Å². The van der Waals surface area contributed by atoms with E-state index in [4.69, 9.17) is 11.5 Å². The number of benzene rings is 2.